The van der Waals surface area contributed by atoms with Gasteiger partial charge in [-0.1, -0.05) is 11.2 Å². The first-order valence-electron chi connectivity index (χ1n) is 5.59. The molecule has 0 spiro atoms. The second-order valence-corrected chi connectivity index (χ2v) is 6.03. The van der Waals surface area contributed by atoms with Crippen molar-refractivity contribution in [2.24, 2.45) is 0 Å². The predicted molar refractivity (Wildman–Crippen MR) is 70.2 cm³/mol. The van der Waals surface area contributed by atoms with Crippen LogP contribution in [0.3, 0.4) is 0 Å². The molecule has 2 aromatic rings. The molecule has 17 heavy (non-hydrogen) atoms. The Balaban J connectivity index is 1.60. The zero-order valence-corrected chi connectivity index (χ0v) is 10.9. The number of aromatic nitrogens is 2. The minimum atomic E-state index is 0.601. The van der Waals surface area contributed by atoms with Crippen molar-refractivity contribution < 1.29 is 4.52 Å². The van der Waals surface area contributed by atoms with E-state index in [-0.39, 0.29) is 0 Å². The van der Waals surface area contributed by atoms with Crippen molar-refractivity contribution in [3.05, 3.63) is 23.3 Å². The molecule has 1 aliphatic rings. The van der Waals surface area contributed by atoms with Crippen molar-refractivity contribution in [1.29, 1.82) is 0 Å². The molecule has 1 unspecified atom stereocenters. The first-order chi connectivity index (χ1) is 8.42. The highest BCUT2D eigenvalue weighted by molar-refractivity contribution is 7.99. The number of rotatable bonds is 4. The van der Waals surface area contributed by atoms with Gasteiger partial charge in [-0.2, -0.15) is 16.7 Å². The Hall–Kier alpha value is -0.850. The predicted octanol–water partition coefficient (Wildman–Crippen LogP) is 2.39. The van der Waals surface area contributed by atoms with Crippen LogP contribution in [-0.2, 0) is 6.54 Å². The summed E-state index contributed by atoms with van der Waals surface area (Å²) < 4.78 is 5.23. The maximum atomic E-state index is 5.23. The van der Waals surface area contributed by atoms with E-state index in [1.807, 2.05) is 29.3 Å². The standard InChI is InChI=1S/C11H13N3OS2/c1-2-9(17-4-1)11-13-10(14-15-11)6-12-8-3-5-16-7-8/h1-2,4,8,12H,3,5-7H2. The monoisotopic (exact) mass is 267 g/mol. The fraction of sp³-hybridized carbons (Fsp3) is 0.455. The summed E-state index contributed by atoms with van der Waals surface area (Å²) in [5.74, 6) is 3.81. The molecule has 0 bridgehead atoms. The molecule has 90 valence electrons. The highest BCUT2D eigenvalue weighted by Crippen LogP contribution is 2.22. The number of thiophene rings is 1. The van der Waals surface area contributed by atoms with Gasteiger partial charge in [0.2, 0.25) is 0 Å². The van der Waals surface area contributed by atoms with Crippen molar-refractivity contribution >= 4 is 23.1 Å². The zero-order valence-electron chi connectivity index (χ0n) is 9.26. The lowest BCUT2D eigenvalue weighted by Gasteiger charge is -2.07. The van der Waals surface area contributed by atoms with Crippen molar-refractivity contribution in [2.75, 3.05) is 11.5 Å². The molecule has 0 aliphatic carbocycles. The molecule has 3 rings (SSSR count). The molecule has 1 aliphatic heterocycles. The molecule has 6 heteroatoms. The van der Waals surface area contributed by atoms with Crippen LogP contribution in [0.4, 0.5) is 0 Å². The zero-order chi connectivity index (χ0) is 11.5. The highest BCUT2D eigenvalue weighted by atomic mass is 32.2. The topological polar surface area (TPSA) is 51.0 Å². The SMILES string of the molecule is c1csc(-c2nc(CNC3CCSC3)no2)c1. The van der Waals surface area contributed by atoms with Crippen molar-refractivity contribution in [3.8, 4) is 10.8 Å². The van der Waals surface area contributed by atoms with Crippen LogP contribution in [0.5, 0.6) is 0 Å². The molecule has 0 saturated carbocycles. The van der Waals surface area contributed by atoms with E-state index in [0.717, 1.165) is 10.7 Å². The normalized spacial score (nSPS) is 19.9. The van der Waals surface area contributed by atoms with Gasteiger partial charge < -0.3 is 9.84 Å². The van der Waals surface area contributed by atoms with Gasteiger partial charge in [0.05, 0.1) is 11.4 Å². The summed E-state index contributed by atoms with van der Waals surface area (Å²) in [5, 5.41) is 9.45. The van der Waals surface area contributed by atoms with E-state index in [1.54, 1.807) is 11.3 Å². The van der Waals surface area contributed by atoms with Crippen LogP contribution in [0.15, 0.2) is 22.0 Å². The maximum absolute atomic E-state index is 5.23. The van der Waals surface area contributed by atoms with Gasteiger partial charge in [0.15, 0.2) is 5.82 Å². The molecule has 0 aromatic carbocycles. The Morgan fingerprint density at radius 2 is 2.53 bits per heavy atom. The van der Waals surface area contributed by atoms with Gasteiger partial charge >= 0.3 is 0 Å². The first kappa shape index (κ1) is 11.3. The van der Waals surface area contributed by atoms with Crippen LogP contribution in [0, 0.1) is 0 Å². The third kappa shape index (κ3) is 2.70. The number of nitrogens with zero attached hydrogens (tertiary/aromatic N) is 2. The van der Waals surface area contributed by atoms with E-state index in [4.69, 9.17) is 4.52 Å². The minimum absolute atomic E-state index is 0.601. The van der Waals surface area contributed by atoms with E-state index < -0.39 is 0 Å². The summed E-state index contributed by atoms with van der Waals surface area (Å²) in [6, 6.07) is 4.57. The Morgan fingerprint density at radius 1 is 1.53 bits per heavy atom. The lowest BCUT2D eigenvalue weighted by molar-refractivity contribution is 0.417. The smallest absolute Gasteiger partial charge is 0.268 e. The Labute approximate surface area is 108 Å². The van der Waals surface area contributed by atoms with E-state index >= 15 is 0 Å². The summed E-state index contributed by atoms with van der Waals surface area (Å²) in [5.41, 5.74) is 0. The summed E-state index contributed by atoms with van der Waals surface area (Å²) in [6.07, 6.45) is 1.24. The molecular formula is C11H13N3OS2. The Morgan fingerprint density at radius 3 is 3.29 bits per heavy atom. The molecule has 1 N–H and O–H groups in total. The highest BCUT2D eigenvalue weighted by Gasteiger charge is 2.16. The fourth-order valence-electron chi connectivity index (χ4n) is 1.76. The lowest BCUT2D eigenvalue weighted by atomic mass is 10.2. The van der Waals surface area contributed by atoms with Crippen molar-refractivity contribution in [1.82, 2.24) is 15.5 Å². The molecule has 1 atom stereocenters. The largest absolute Gasteiger partial charge is 0.333 e. The molecule has 0 radical (unpaired) electrons. The summed E-state index contributed by atoms with van der Waals surface area (Å²) in [7, 11) is 0. The van der Waals surface area contributed by atoms with E-state index in [1.165, 1.54) is 17.9 Å². The molecular weight excluding hydrogens is 254 g/mol. The second kappa shape index (κ2) is 5.20. The Bertz CT molecular complexity index is 463. The van der Waals surface area contributed by atoms with E-state index in [0.29, 0.717) is 18.5 Å². The van der Waals surface area contributed by atoms with Gasteiger partial charge in [-0.25, -0.2) is 0 Å². The van der Waals surface area contributed by atoms with Gasteiger partial charge in [-0.05, 0) is 23.6 Å². The molecule has 4 nitrogen and oxygen atoms in total. The molecule has 1 saturated heterocycles. The number of hydrogen-bond acceptors (Lipinski definition) is 6. The van der Waals surface area contributed by atoms with Crippen LogP contribution < -0.4 is 5.32 Å². The third-order valence-corrected chi connectivity index (χ3v) is 4.70. The van der Waals surface area contributed by atoms with Crippen LogP contribution >= 0.6 is 23.1 Å². The number of thioether (sulfide) groups is 1. The van der Waals surface area contributed by atoms with Crippen molar-refractivity contribution in [2.45, 2.75) is 19.0 Å². The average Bonchev–Trinajstić information content (AvgIpc) is 3.09. The van der Waals surface area contributed by atoms with Crippen molar-refractivity contribution in [3.63, 3.8) is 0 Å². The molecule has 0 amide bonds. The minimum Gasteiger partial charge on any atom is -0.333 e. The van der Waals surface area contributed by atoms with Crippen LogP contribution in [0.25, 0.3) is 10.8 Å². The summed E-state index contributed by atoms with van der Waals surface area (Å²) in [6.45, 7) is 0.695. The van der Waals surface area contributed by atoms with Crippen LogP contribution in [0.2, 0.25) is 0 Å². The Kier molecular flexibility index (Phi) is 3.44. The lowest BCUT2D eigenvalue weighted by Crippen LogP contribution is -2.28. The van der Waals surface area contributed by atoms with Crippen LogP contribution in [0.1, 0.15) is 12.2 Å². The van der Waals surface area contributed by atoms with E-state index in [9.17, 15) is 0 Å². The quantitative estimate of drug-likeness (QED) is 0.922. The summed E-state index contributed by atoms with van der Waals surface area (Å²) >= 11 is 3.61. The third-order valence-electron chi connectivity index (χ3n) is 2.68. The fourth-order valence-corrected chi connectivity index (χ4v) is 3.59. The molecule has 3 heterocycles. The van der Waals surface area contributed by atoms with E-state index in [2.05, 4.69) is 15.5 Å². The molecule has 2 aromatic heterocycles. The van der Waals surface area contributed by atoms with Gasteiger partial charge in [0.25, 0.3) is 5.89 Å². The van der Waals surface area contributed by atoms with Gasteiger partial charge in [-0.15, -0.1) is 11.3 Å². The number of nitrogens with one attached hydrogen (secondary N) is 1. The summed E-state index contributed by atoms with van der Waals surface area (Å²) in [4.78, 5) is 5.40. The van der Waals surface area contributed by atoms with Gasteiger partial charge in [-0.3, -0.25) is 0 Å². The maximum Gasteiger partial charge on any atom is 0.268 e. The number of hydrogen-bond donors (Lipinski definition) is 1. The first-order valence-corrected chi connectivity index (χ1v) is 7.63. The molecule has 1 fully saturated rings. The van der Waals surface area contributed by atoms with Crippen LogP contribution in [-0.4, -0.2) is 27.7 Å². The average molecular weight is 267 g/mol. The van der Waals surface area contributed by atoms with Gasteiger partial charge in [0, 0.05) is 11.8 Å². The second-order valence-electron chi connectivity index (χ2n) is 3.93. The van der Waals surface area contributed by atoms with Gasteiger partial charge in [0.1, 0.15) is 0 Å².